The number of thiocarbonyl (C=S) groups is 1. The van der Waals surface area contributed by atoms with E-state index in [1.165, 1.54) is 18.2 Å². The highest BCUT2D eigenvalue weighted by molar-refractivity contribution is 14.1. The molecule has 0 radical (unpaired) electrons. The molecule has 0 unspecified atom stereocenters. The molecule has 0 bridgehead atoms. The van der Waals surface area contributed by atoms with Gasteiger partial charge in [-0.25, -0.2) is 0 Å². The van der Waals surface area contributed by atoms with Gasteiger partial charge in [-0.2, -0.15) is 0 Å². The quantitative estimate of drug-likeness (QED) is 0.121. The minimum Gasteiger partial charge on any atom is -0.339 e. The van der Waals surface area contributed by atoms with Crippen LogP contribution in [0.25, 0.3) is 0 Å². The molecule has 7 nitrogen and oxygen atoms in total. The second kappa shape index (κ2) is 9.88. The van der Waals surface area contributed by atoms with Gasteiger partial charge in [0, 0.05) is 27.0 Å². The summed E-state index contributed by atoms with van der Waals surface area (Å²) in [5.74, 6) is -0.676. The van der Waals surface area contributed by atoms with Gasteiger partial charge < -0.3 is 16.0 Å². The van der Waals surface area contributed by atoms with E-state index < -0.39 is 20.8 Å². The maximum absolute atomic E-state index is 12.4. The fourth-order valence-corrected chi connectivity index (χ4v) is 2.93. The fraction of sp³-hybridized carbons (Fsp3) is 0.125. The third-order valence-electron chi connectivity index (χ3n) is 3.30. The first kappa shape index (κ1) is 22.9. The molecule has 0 aliphatic carbocycles. The Bertz CT molecular complexity index is 893. The summed E-state index contributed by atoms with van der Waals surface area (Å²) in [4.78, 5) is 22.7. The van der Waals surface area contributed by atoms with Gasteiger partial charge >= 0.3 is 0 Å². The van der Waals surface area contributed by atoms with Gasteiger partial charge in [0.15, 0.2) is 5.11 Å². The Balaban J connectivity index is 2.10. The molecule has 0 fully saturated rings. The van der Waals surface area contributed by atoms with Crippen LogP contribution in [-0.2, 0) is 0 Å². The largest absolute Gasteiger partial charge is 0.339 e. The van der Waals surface area contributed by atoms with Crippen LogP contribution in [0.5, 0.6) is 0 Å². The number of nitro groups is 1. The average molecular weight is 574 g/mol. The van der Waals surface area contributed by atoms with Crippen LogP contribution < -0.4 is 16.0 Å². The van der Waals surface area contributed by atoms with Crippen molar-refractivity contribution in [2.45, 2.75) is 9.96 Å². The first-order valence-electron chi connectivity index (χ1n) is 7.51. The maximum atomic E-state index is 12.4. The predicted molar refractivity (Wildman–Crippen MR) is 123 cm³/mol. The molecule has 2 aromatic rings. The van der Waals surface area contributed by atoms with Crippen LogP contribution in [0.2, 0.25) is 0 Å². The van der Waals surface area contributed by atoms with Gasteiger partial charge in [-0.3, -0.25) is 14.9 Å². The van der Waals surface area contributed by atoms with Gasteiger partial charge in [-0.1, -0.05) is 40.9 Å². The third kappa shape index (κ3) is 6.89. The number of nitro benzene ring substituents is 1. The summed E-state index contributed by atoms with van der Waals surface area (Å²) in [5.41, 5.74) is 0.500. The Morgan fingerprint density at radius 2 is 1.79 bits per heavy atom. The topological polar surface area (TPSA) is 96.3 Å². The number of anilines is 1. The molecule has 1 amide bonds. The van der Waals surface area contributed by atoms with Gasteiger partial charge in [-0.15, -0.1) is 0 Å². The number of nitrogens with one attached hydrogen (secondary N) is 3. The van der Waals surface area contributed by atoms with E-state index in [-0.39, 0.29) is 16.4 Å². The van der Waals surface area contributed by atoms with Crippen molar-refractivity contribution < 1.29 is 9.72 Å². The fourth-order valence-electron chi connectivity index (χ4n) is 2.01. The van der Waals surface area contributed by atoms with Crippen molar-refractivity contribution in [3.8, 4) is 0 Å². The van der Waals surface area contributed by atoms with Gasteiger partial charge in [-0.05, 0) is 65.1 Å². The van der Waals surface area contributed by atoms with E-state index >= 15 is 0 Å². The standard InChI is InChI=1S/C16H12Cl3IN4O3S/c17-16(18,19)14(23-15(28)21-11-6-4-10(20)5-7-11)22-13(25)9-2-1-3-12(8-9)24(26)27/h1-8,14H,(H,22,25)(H2,21,23,28)/t14-/m0/s1. The number of amides is 1. The molecule has 0 aliphatic heterocycles. The van der Waals surface area contributed by atoms with Crippen molar-refractivity contribution in [1.82, 2.24) is 10.6 Å². The molecule has 1 atom stereocenters. The summed E-state index contributed by atoms with van der Waals surface area (Å²) in [6, 6.07) is 12.5. The van der Waals surface area contributed by atoms with Crippen LogP contribution >= 0.6 is 69.6 Å². The minimum atomic E-state index is -1.95. The third-order valence-corrected chi connectivity index (χ3v) is 4.89. The molecule has 2 aromatic carbocycles. The molecule has 0 aromatic heterocycles. The Morgan fingerprint density at radius 3 is 2.36 bits per heavy atom. The second-order valence-corrected chi connectivity index (χ2v) is 9.38. The van der Waals surface area contributed by atoms with E-state index in [2.05, 4.69) is 38.5 Å². The first-order chi connectivity index (χ1) is 13.1. The zero-order chi connectivity index (χ0) is 20.9. The number of alkyl halides is 3. The van der Waals surface area contributed by atoms with Crippen molar-refractivity contribution >= 4 is 92.0 Å². The number of hydrogen-bond donors (Lipinski definition) is 3. The molecule has 148 valence electrons. The van der Waals surface area contributed by atoms with Crippen LogP contribution in [0, 0.1) is 13.7 Å². The van der Waals surface area contributed by atoms with E-state index in [0.717, 1.165) is 9.64 Å². The van der Waals surface area contributed by atoms with Gasteiger partial charge in [0.1, 0.15) is 6.17 Å². The average Bonchev–Trinajstić information content (AvgIpc) is 2.62. The molecule has 0 saturated carbocycles. The van der Waals surface area contributed by atoms with Crippen LogP contribution in [0.3, 0.4) is 0 Å². The molecule has 28 heavy (non-hydrogen) atoms. The molecule has 0 heterocycles. The SMILES string of the molecule is O=C(N[C@@H](NC(=S)Nc1ccc(I)cc1)C(Cl)(Cl)Cl)c1cccc([N+](=O)[O-])c1. The Hall–Kier alpha value is -1.40. The lowest BCUT2D eigenvalue weighted by Crippen LogP contribution is -2.56. The van der Waals surface area contributed by atoms with E-state index in [1.807, 2.05) is 24.3 Å². The number of carbonyl (C=O) groups is 1. The molecular formula is C16H12Cl3IN4O3S. The lowest BCUT2D eigenvalue weighted by Gasteiger charge is -2.27. The number of non-ortho nitro benzene ring substituents is 1. The molecule has 3 N–H and O–H groups in total. The number of benzene rings is 2. The highest BCUT2D eigenvalue weighted by atomic mass is 127. The number of hydrogen-bond acceptors (Lipinski definition) is 4. The first-order valence-corrected chi connectivity index (χ1v) is 10.1. The zero-order valence-electron chi connectivity index (χ0n) is 13.8. The Labute approximate surface area is 194 Å². The highest BCUT2D eigenvalue weighted by Gasteiger charge is 2.35. The van der Waals surface area contributed by atoms with Crippen LogP contribution in [0.15, 0.2) is 48.5 Å². The van der Waals surface area contributed by atoms with E-state index in [4.69, 9.17) is 47.0 Å². The van der Waals surface area contributed by atoms with E-state index in [1.54, 1.807) is 0 Å². The lowest BCUT2D eigenvalue weighted by atomic mass is 10.2. The highest BCUT2D eigenvalue weighted by Crippen LogP contribution is 2.29. The predicted octanol–water partition coefficient (Wildman–Crippen LogP) is 4.61. The second-order valence-electron chi connectivity index (χ2n) is 5.36. The summed E-state index contributed by atoms with van der Waals surface area (Å²) in [5, 5.41) is 19.1. The summed E-state index contributed by atoms with van der Waals surface area (Å²) in [6.07, 6.45) is -1.20. The summed E-state index contributed by atoms with van der Waals surface area (Å²) >= 11 is 25.2. The number of carbonyl (C=O) groups excluding carboxylic acids is 1. The number of nitrogens with zero attached hydrogens (tertiary/aromatic N) is 1. The lowest BCUT2D eigenvalue weighted by molar-refractivity contribution is -0.384. The van der Waals surface area contributed by atoms with Crippen LogP contribution in [0.1, 0.15) is 10.4 Å². The van der Waals surface area contributed by atoms with E-state index in [0.29, 0.717) is 5.69 Å². The smallest absolute Gasteiger partial charge is 0.270 e. The maximum Gasteiger partial charge on any atom is 0.270 e. The monoisotopic (exact) mass is 572 g/mol. The normalized spacial score (nSPS) is 12.0. The molecule has 2 rings (SSSR count). The number of halogens is 4. The van der Waals surface area contributed by atoms with Gasteiger partial charge in [0.05, 0.1) is 4.92 Å². The van der Waals surface area contributed by atoms with Crippen molar-refractivity contribution in [2.75, 3.05) is 5.32 Å². The molecule has 0 spiro atoms. The molecule has 0 aliphatic rings. The summed E-state index contributed by atoms with van der Waals surface area (Å²) in [6.45, 7) is 0. The van der Waals surface area contributed by atoms with E-state index in [9.17, 15) is 14.9 Å². The van der Waals surface area contributed by atoms with Gasteiger partial charge in [0.25, 0.3) is 11.6 Å². The van der Waals surface area contributed by atoms with Crippen molar-refractivity contribution in [2.24, 2.45) is 0 Å². The summed E-state index contributed by atoms with van der Waals surface area (Å²) < 4.78 is -0.904. The molecule has 0 saturated heterocycles. The van der Waals surface area contributed by atoms with Crippen molar-refractivity contribution in [3.05, 3.63) is 67.8 Å². The van der Waals surface area contributed by atoms with Crippen molar-refractivity contribution in [3.63, 3.8) is 0 Å². The minimum absolute atomic E-state index is 0.0340. The Kier molecular flexibility index (Phi) is 8.07. The van der Waals surface area contributed by atoms with Crippen LogP contribution in [-0.4, -0.2) is 25.9 Å². The molecule has 12 heteroatoms. The zero-order valence-corrected chi connectivity index (χ0v) is 19.0. The Morgan fingerprint density at radius 1 is 1.14 bits per heavy atom. The number of rotatable bonds is 5. The van der Waals surface area contributed by atoms with Crippen molar-refractivity contribution in [1.29, 1.82) is 0 Å². The molecular weight excluding hydrogens is 562 g/mol. The van der Waals surface area contributed by atoms with Gasteiger partial charge in [0.2, 0.25) is 3.79 Å². The van der Waals surface area contributed by atoms with Crippen LogP contribution in [0.4, 0.5) is 11.4 Å². The summed E-state index contributed by atoms with van der Waals surface area (Å²) in [7, 11) is 0.